The summed E-state index contributed by atoms with van der Waals surface area (Å²) in [7, 11) is 0. The first kappa shape index (κ1) is 14.7. The van der Waals surface area contributed by atoms with Crippen LogP contribution in [0.5, 0.6) is 0 Å². The van der Waals surface area contributed by atoms with E-state index in [4.69, 9.17) is 18.0 Å². The van der Waals surface area contributed by atoms with Gasteiger partial charge < -0.3 is 11.1 Å². The van der Waals surface area contributed by atoms with Gasteiger partial charge in [-0.3, -0.25) is 4.79 Å². The number of anilines is 1. The van der Waals surface area contributed by atoms with Crippen molar-refractivity contribution in [1.29, 1.82) is 0 Å². The number of rotatable bonds is 3. The number of thiocarbonyl (C=S) groups is 1. The molecule has 0 aliphatic carbocycles. The van der Waals surface area contributed by atoms with Gasteiger partial charge in [-0.25, -0.2) is 0 Å². The summed E-state index contributed by atoms with van der Waals surface area (Å²) in [6.45, 7) is 1.91. The maximum absolute atomic E-state index is 12.2. The minimum Gasteiger partial charge on any atom is -0.389 e. The third kappa shape index (κ3) is 3.23. The molecule has 0 aliphatic rings. The molecule has 0 spiro atoms. The Morgan fingerprint density at radius 1 is 1.20 bits per heavy atom. The normalized spacial score (nSPS) is 10.1. The van der Waals surface area contributed by atoms with E-state index in [9.17, 15) is 4.79 Å². The lowest BCUT2D eigenvalue weighted by Crippen LogP contribution is -2.18. The summed E-state index contributed by atoms with van der Waals surface area (Å²) < 4.78 is 0.924. The number of amides is 1. The molecule has 0 radical (unpaired) electrons. The van der Waals surface area contributed by atoms with Crippen molar-refractivity contribution in [2.75, 3.05) is 5.32 Å². The van der Waals surface area contributed by atoms with Crippen molar-refractivity contribution in [1.82, 2.24) is 0 Å². The summed E-state index contributed by atoms with van der Waals surface area (Å²) in [6.07, 6.45) is 0. The first-order valence-corrected chi connectivity index (χ1v) is 7.15. The van der Waals surface area contributed by atoms with Gasteiger partial charge in [0.25, 0.3) is 5.91 Å². The molecule has 0 aliphatic heterocycles. The summed E-state index contributed by atoms with van der Waals surface area (Å²) in [6, 6.07) is 12.7. The number of hydrogen-bond donors (Lipinski definition) is 2. The van der Waals surface area contributed by atoms with E-state index < -0.39 is 0 Å². The molecular formula is C15H13BrN2OS. The van der Waals surface area contributed by atoms with Crippen molar-refractivity contribution in [3.05, 3.63) is 63.6 Å². The van der Waals surface area contributed by atoms with Crippen LogP contribution < -0.4 is 11.1 Å². The fraction of sp³-hybridized carbons (Fsp3) is 0.0667. The predicted molar refractivity (Wildman–Crippen MR) is 89.2 cm³/mol. The van der Waals surface area contributed by atoms with E-state index in [1.807, 2.05) is 31.2 Å². The Hall–Kier alpha value is -1.72. The number of carbonyl (C=O) groups is 1. The zero-order valence-electron chi connectivity index (χ0n) is 10.8. The Bertz CT molecular complexity index is 668. The summed E-state index contributed by atoms with van der Waals surface area (Å²) in [5, 5.41) is 2.85. The SMILES string of the molecule is Cc1cccc(NC(=O)c2ccc(Br)cc2)c1C(N)=S. The van der Waals surface area contributed by atoms with E-state index in [2.05, 4.69) is 21.2 Å². The van der Waals surface area contributed by atoms with E-state index in [0.29, 0.717) is 16.8 Å². The zero-order valence-corrected chi connectivity index (χ0v) is 13.2. The first-order chi connectivity index (χ1) is 9.49. The number of aryl methyl sites for hydroxylation is 1. The Morgan fingerprint density at radius 3 is 2.45 bits per heavy atom. The number of halogens is 1. The Morgan fingerprint density at radius 2 is 1.85 bits per heavy atom. The molecule has 3 nitrogen and oxygen atoms in total. The lowest BCUT2D eigenvalue weighted by molar-refractivity contribution is 0.102. The molecule has 0 atom stereocenters. The molecule has 2 rings (SSSR count). The topological polar surface area (TPSA) is 55.1 Å². The number of hydrogen-bond acceptors (Lipinski definition) is 2. The number of benzene rings is 2. The summed E-state index contributed by atoms with van der Waals surface area (Å²) >= 11 is 8.38. The average molecular weight is 349 g/mol. The van der Waals surface area contributed by atoms with Crippen molar-refractivity contribution < 1.29 is 4.79 Å². The molecule has 0 bridgehead atoms. The van der Waals surface area contributed by atoms with Crippen LogP contribution in [0.4, 0.5) is 5.69 Å². The van der Waals surface area contributed by atoms with Crippen molar-refractivity contribution >= 4 is 44.7 Å². The van der Waals surface area contributed by atoms with Crippen molar-refractivity contribution in [2.45, 2.75) is 6.92 Å². The van der Waals surface area contributed by atoms with Crippen LogP contribution in [0.15, 0.2) is 46.9 Å². The van der Waals surface area contributed by atoms with Gasteiger partial charge in [-0.2, -0.15) is 0 Å². The molecule has 1 amide bonds. The molecule has 0 heterocycles. The largest absolute Gasteiger partial charge is 0.389 e. The fourth-order valence-electron chi connectivity index (χ4n) is 1.89. The van der Waals surface area contributed by atoms with Crippen LogP contribution in [0.25, 0.3) is 0 Å². The molecule has 0 saturated carbocycles. The summed E-state index contributed by atoms with van der Waals surface area (Å²) in [5.74, 6) is -0.194. The Balaban J connectivity index is 2.30. The monoisotopic (exact) mass is 348 g/mol. The molecule has 102 valence electrons. The van der Waals surface area contributed by atoms with Gasteiger partial charge >= 0.3 is 0 Å². The number of nitrogens with two attached hydrogens (primary N) is 1. The maximum Gasteiger partial charge on any atom is 0.255 e. The number of carbonyl (C=O) groups excluding carboxylic acids is 1. The molecular weight excluding hydrogens is 336 g/mol. The van der Waals surface area contributed by atoms with E-state index in [1.165, 1.54) is 0 Å². The third-order valence-corrected chi connectivity index (χ3v) is 3.61. The van der Waals surface area contributed by atoms with E-state index in [0.717, 1.165) is 10.0 Å². The molecule has 3 N–H and O–H groups in total. The van der Waals surface area contributed by atoms with Crippen LogP contribution in [0.3, 0.4) is 0 Å². The van der Waals surface area contributed by atoms with E-state index in [1.54, 1.807) is 18.2 Å². The molecule has 0 unspecified atom stereocenters. The second kappa shape index (κ2) is 6.15. The molecule has 0 saturated heterocycles. The number of nitrogens with one attached hydrogen (secondary N) is 1. The van der Waals surface area contributed by atoms with Crippen LogP contribution in [-0.4, -0.2) is 10.9 Å². The standard InChI is InChI=1S/C15H13BrN2OS/c1-9-3-2-4-12(13(9)14(17)20)18-15(19)10-5-7-11(16)8-6-10/h2-8H,1H3,(H2,17,20)(H,18,19). The van der Waals surface area contributed by atoms with Gasteiger partial charge in [0, 0.05) is 15.6 Å². The molecule has 0 aromatic heterocycles. The first-order valence-electron chi connectivity index (χ1n) is 5.95. The van der Waals surface area contributed by atoms with Crippen LogP contribution in [0.2, 0.25) is 0 Å². The van der Waals surface area contributed by atoms with Crippen LogP contribution in [0, 0.1) is 6.92 Å². The summed E-state index contributed by atoms with van der Waals surface area (Å²) in [5.41, 5.74) is 8.56. The Kier molecular flexibility index (Phi) is 4.52. The molecule has 0 fully saturated rings. The van der Waals surface area contributed by atoms with Crippen LogP contribution in [0.1, 0.15) is 21.5 Å². The van der Waals surface area contributed by atoms with E-state index in [-0.39, 0.29) is 10.9 Å². The fourth-order valence-corrected chi connectivity index (χ4v) is 2.43. The molecule has 5 heteroatoms. The highest BCUT2D eigenvalue weighted by Crippen LogP contribution is 2.20. The minimum absolute atomic E-state index is 0.194. The predicted octanol–water partition coefficient (Wildman–Crippen LogP) is 3.64. The van der Waals surface area contributed by atoms with Gasteiger partial charge in [-0.05, 0) is 42.8 Å². The molecule has 20 heavy (non-hydrogen) atoms. The van der Waals surface area contributed by atoms with Gasteiger partial charge in [0.15, 0.2) is 0 Å². The van der Waals surface area contributed by atoms with E-state index >= 15 is 0 Å². The molecule has 2 aromatic carbocycles. The zero-order chi connectivity index (χ0) is 14.7. The van der Waals surface area contributed by atoms with Gasteiger partial charge in [0.1, 0.15) is 4.99 Å². The molecule has 2 aromatic rings. The summed E-state index contributed by atoms with van der Waals surface area (Å²) in [4.78, 5) is 12.5. The second-order valence-corrected chi connectivity index (χ2v) is 5.68. The Labute approximate surface area is 131 Å². The average Bonchev–Trinajstić information content (AvgIpc) is 2.39. The van der Waals surface area contributed by atoms with Crippen LogP contribution >= 0.6 is 28.1 Å². The lowest BCUT2D eigenvalue weighted by Gasteiger charge is -2.12. The highest BCUT2D eigenvalue weighted by Gasteiger charge is 2.12. The van der Waals surface area contributed by atoms with Gasteiger partial charge in [-0.1, -0.05) is 40.3 Å². The van der Waals surface area contributed by atoms with Crippen molar-refractivity contribution in [3.63, 3.8) is 0 Å². The highest BCUT2D eigenvalue weighted by atomic mass is 79.9. The second-order valence-electron chi connectivity index (χ2n) is 4.32. The lowest BCUT2D eigenvalue weighted by atomic mass is 10.1. The highest BCUT2D eigenvalue weighted by molar-refractivity contribution is 9.10. The van der Waals surface area contributed by atoms with Crippen LogP contribution in [-0.2, 0) is 0 Å². The van der Waals surface area contributed by atoms with Gasteiger partial charge in [0.05, 0.1) is 5.69 Å². The quantitative estimate of drug-likeness (QED) is 0.832. The van der Waals surface area contributed by atoms with Crippen molar-refractivity contribution in [2.24, 2.45) is 5.73 Å². The maximum atomic E-state index is 12.2. The van der Waals surface area contributed by atoms with Gasteiger partial charge in [-0.15, -0.1) is 0 Å². The third-order valence-electron chi connectivity index (χ3n) is 2.87. The van der Waals surface area contributed by atoms with Gasteiger partial charge in [0.2, 0.25) is 0 Å². The minimum atomic E-state index is -0.194. The van der Waals surface area contributed by atoms with Crippen molar-refractivity contribution in [3.8, 4) is 0 Å². The smallest absolute Gasteiger partial charge is 0.255 e.